The number of halogens is 1. The molecule has 33 heavy (non-hydrogen) atoms. The summed E-state index contributed by atoms with van der Waals surface area (Å²) in [7, 11) is -0.985. The number of benzene rings is 2. The van der Waals surface area contributed by atoms with Gasteiger partial charge in [0.25, 0.3) is 11.6 Å². The molecule has 0 spiro atoms. The van der Waals surface area contributed by atoms with Gasteiger partial charge in [-0.2, -0.15) is 4.31 Å². The minimum Gasteiger partial charge on any atom is -0.493 e. The molecule has 1 amide bonds. The predicted molar refractivity (Wildman–Crippen MR) is 124 cm³/mol. The fraction of sp³-hybridized carbons (Fsp3) is 0.381. The van der Waals surface area contributed by atoms with Crippen molar-refractivity contribution in [3.05, 3.63) is 56.6 Å². The van der Waals surface area contributed by atoms with Crippen molar-refractivity contribution in [1.82, 2.24) is 9.62 Å². The number of carbonyl (C=O) groups is 1. The molecule has 2 aromatic carbocycles. The lowest BCUT2D eigenvalue weighted by molar-refractivity contribution is -0.385. The maximum absolute atomic E-state index is 12.8. The molecule has 0 saturated carbocycles. The number of hydrogen-bond acceptors (Lipinski definition) is 7. The fourth-order valence-corrected chi connectivity index (χ4v) is 4.93. The molecule has 10 nitrogen and oxygen atoms in total. The molecule has 2 aromatic rings. The Kier molecular flexibility index (Phi) is 9.03. The van der Waals surface area contributed by atoms with Crippen LogP contribution in [0.5, 0.6) is 11.5 Å². The summed E-state index contributed by atoms with van der Waals surface area (Å²) in [5, 5.41) is 14.1. The van der Waals surface area contributed by atoms with Gasteiger partial charge in [0, 0.05) is 25.2 Å². The zero-order valence-corrected chi connectivity index (χ0v) is 20.3. The number of methoxy groups -OCH3 is 2. The summed E-state index contributed by atoms with van der Waals surface area (Å²) >= 11 is 6.14. The van der Waals surface area contributed by atoms with Crippen LogP contribution >= 0.6 is 11.6 Å². The van der Waals surface area contributed by atoms with Gasteiger partial charge in [-0.05, 0) is 30.7 Å². The van der Waals surface area contributed by atoms with Crippen molar-refractivity contribution >= 4 is 33.2 Å². The van der Waals surface area contributed by atoms with E-state index < -0.39 is 20.9 Å². The van der Waals surface area contributed by atoms with E-state index in [1.54, 1.807) is 13.8 Å². The van der Waals surface area contributed by atoms with E-state index in [0.717, 1.165) is 0 Å². The average Bonchev–Trinajstić information content (AvgIpc) is 2.79. The maximum Gasteiger partial charge on any atom is 0.276 e. The lowest BCUT2D eigenvalue weighted by Crippen LogP contribution is -2.31. The normalized spacial score (nSPS) is 11.3. The van der Waals surface area contributed by atoms with E-state index in [4.69, 9.17) is 21.1 Å². The van der Waals surface area contributed by atoms with Crippen molar-refractivity contribution in [2.24, 2.45) is 0 Å². The van der Waals surface area contributed by atoms with Crippen LogP contribution in [-0.2, 0) is 16.4 Å². The maximum atomic E-state index is 12.8. The van der Waals surface area contributed by atoms with Crippen LogP contribution < -0.4 is 14.8 Å². The van der Waals surface area contributed by atoms with Crippen molar-refractivity contribution in [1.29, 1.82) is 0 Å². The number of nitrogens with zero attached hydrogens (tertiary/aromatic N) is 2. The van der Waals surface area contributed by atoms with Crippen molar-refractivity contribution in [2.75, 3.05) is 33.9 Å². The van der Waals surface area contributed by atoms with Crippen LogP contribution in [0.25, 0.3) is 0 Å². The fourth-order valence-electron chi connectivity index (χ4n) is 3.24. The van der Waals surface area contributed by atoms with Gasteiger partial charge in [0.05, 0.1) is 40.7 Å². The number of nitro benzene ring substituents is 1. The van der Waals surface area contributed by atoms with Gasteiger partial charge in [-0.1, -0.05) is 25.4 Å². The first-order valence-electron chi connectivity index (χ1n) is 10.1. The zero-order chi connectivity index (χ0) is 24.8. The van der Waals surface area contributed by atoms with Crippen LogP contribution in [0, 0.1) is 10.1 Å². The predicted octanol–water partition coefficient (Wildman–Crippen LogP) is 3.27. The SMILES string of the molecule is CCN(CC)S(=O)(=O)c1ccc(Cl)c(C(=O)NCCc2cc(OC)c(OC)cc2[N+](=O)[O-])c1. The molecule has 0 fully saturated rings. The lowest BCUT2D eigenvalue weighted by Gasteiger charge is -2.19. The van der Waals surface area contributed by atoms with Crippen LogP contribution in [0.2, 0.25) is 5.02 Å². The number of nitro groups is 1. The quantitative estimate of drug-likeness (QED) is 0.371. The van der Waals surface area contributed by atoms with E-state index in [2.05, 4.69) is 5.32 Å². The van der Waals surface area contributed by atoms with Gasteiger partial charge >= 0.3 is 0 Å². The summed E-state index contributed by atoms with van der Waals surface area (Å²) in [5.41, 5.74) is 0.154. The molecule has 1 N–H and O–H groups in total. The van der Waals surface area contributed by atoms with E-state index in [-0.39, 0.29) is 53.0 Å². The standard InChI is InChI=1S/C21H26ClN3O7S/c1-5-24(6-2)33(29,30)15-7-8-17(22)16(12-15)21(26)23-10-9-14-11-19(31-3)20(32-4)13-18(14)25(27)28/h7-8,11-13H,5-6,9-10H2,1-4H3,(H,23,26). The summed E-state index contributed by atoms with van der Waals surface area (Å²) in [5.74, 6) is -0.0588. The lowest BCUT2D eigenvalue weighted by atomic mass is 10.1. The number of ether oxygens (including phenoxy) is 2. The average molecular weight is 500 g/mol. The molecule has 0 saturated heterocycles. The Labute approximate surface area is 197 Å². The van der Waals surface area contributed by atoms with Gasteiger partial charge in [-0.15, -0.1) is 0 Å². The molecule has 180 valence electrons. The van der Waals surface area contributed by atoms with E-state index in [1.807, 2.05) is 0 Å². The van der Waals surface area contributed by atoms with E-state index in [1.165, 1.54) is 48.9 Å². The summed E-state index contributed by atoms with van der Waals surface area (Å²) in [4.78, 5) is 23.5. The summed E-state index contributed by atoms with van der Waals surface area (Å²) in [6, 6.07) is 6.66. The molecular formula is C21H26ClN3O7S. The summed E-state index contributed by atoms with van der Waals surface area (Å²) in [6.45, 7) is 4.05. The Morgan fingerprint density at radius 1 is 1.12 bits per heavy atom. The van der Waals surface area contributed by atoms with E-state index >= 15 is 0 Å². The zero-order valence-electron chi connectivity index (χ0n) is 18.8. The van der Waals surface area contributed by atoms with Gasteiger partial charge in [0.15, 0.2) is 11.5 Å². The van der Waals surface area contributed by atoms with Gasteiger partial charge in [-0.25, -0.2) is 8.42 Å². The molecule has 0 aromatic heterocycles. The number of hydrogen-bond donors (Lipinski definition) is 1. The van der Waals surface area contributed by atoms with Crippen molar-refractivity contribution < 1.29 is 27.6 Å². The smallest absolute Gasteiger partial charge is 0.276 e. The molecule has 0 atom stereocenters. The highest BCUT2D eigenvalue weighted by Gasteiger charge is 2.24. The Balaban J connectivity index is 2.23. The Hall–Kier alpha value is -2.89. The van der Waals surface area contributed by atoms with Gasteiger partial charge in [0.1, 0.15) is 0 Å². The van der Waals surface area contributed by atoms with Crippen molar-refractivity contribution in [3.8, 4) is 11.5 Å². The third kappa shape index (κ3) is 5.92. The first-order valence-corrected chi connectivity index (χ1v) is 11.9. The first kappa shape index (κ1) is 26.4. The third-order valence-corrected chi connectivity index (χ3v) is 7.36. The number of nitrogens with one attached hydrogen (secondary N) is 1. The molecular weight excluding hydrogens is 474 g/mol. The molecule has 0 unspecified atom stereocenters. The third-order valence-electron chi connectivity index (χ3n) is 4.99. The number of rotatable bonds is 11. The second-order valence-electron chi connectivity index (χ2n) is 6.83. The van der Waals surface area contributed by atoms with Crippen LogP contribution in [0.3, 0.4) is 0 Å². The Morgan fingerprint density at radius 3 is 2.27 bits per heavy atom. The minimum absolute atomic E-state index is 0.00768. The van der Waals surface area contributed by atoms with Crippen molar-refractivity contribution in [3.63, 3.8) is 0 Å². The Morgan fingerprint density at radius 2 is 1.73 bits per heavy atom. The molecule has 0 aliphatic carbocycles. The van der Waals surface area contributed by atoms with Gasteiger partial charge < -0.3 is 14.8 Å². The molecule has 0 radical (unpaired) electrons. The van der Waals surface area contributed by atoms with E-state index in [9.17, 15) is 23.3 Å². The monoisotopic (exact) mass is 499 g/mol. The summed E-state index contributed by atoms with van der Waals surface area (Å²) < 4.78 is 37.1. The molecule has 0 aliphatic rings. The Bertz CT molecular complexity index is 1130. The van der Waals surface area contributed by atoms with Crippen LogP contribution in [0.1, 0.15) is 29.8 Å². The van der Waals surface area contributed by atoms with Crippen LogP contribution in [0.15, 0.2) is 35.2 Å². The summed E-state index contributed by atoms with van der Waals surface area (Å²) in [6.07, 6.45) is 0.122. The van der Waals surface area contributed by atoms with Gasteiger partial charge in [0.2, 0.25) is 10.0 Å². The first-order chi connectivity index (χ1) is 15.6. The molecule has 0 heterocycles. The molecule has 12 heteroatoms. The highest BCUT2D eigenvalue weighted by molar-refractivity contribution is 7.89. The second kappa shape index (κ2) is 11.3. The van der Waals surface area contributed by atoms with Gasteiger partial charge in [-0.3, -0.25) is 14.9 Å². The highest BCUT2D eigenvalue weighted by Crippen LogP contribution is 2.34. The highest BCUT2D eigenvalue weighted by atomic mass is 35.5. The number of sulfonamides is 1. The van der Waals surface area contributed by atoms with Crippen LogP contribution in [-0.4, -0.2) is 57.4 Å². The number of amides is 1. The second-order valence-corrected chi connectivity index (χ2v) is 9.18. The van der Waals surface area contributed by atoms with Crippen LogP contribution in [0.4, 0.5) is 5.69 Å². The minimum atomic E-state index is -3.77. The molecule has 0 aliphatic heterocycles. The number of carbonyl (C=O) groups excluding carboxylic acids is 1. The van der Waals surface area contributed by atoms with Crippen molar-refractivity contribution in [2.45, 2.75) is 25.2 Å². The van der Waals surface area contributed by atoms with E-state index in [0.29, 0.717) is 11.3 Å². The molecule has 2 rings (SSSR count). The molecule has 0 bridgehead atoms. The topological polar surface area (TPSA) is 128 Å². The largest absolute Gasteiger partial charge is 0.493 e.